The van der Waals surface area contributed by atoms with Gasteiger partial charge in [0.05, 0.1) is 4.90 Å². The summed E-state index contributed by atoms with van der Waals surface area (Å²) in [6, 6.07) is 6.59. The highest BCUT2D eigenvalue weighted by atomic mass is 32.2. The van der Waals surface area contributed by atoms with Crippen molar-refractivity contribution in [3.05, 3.63) is 29.8 Å². The zero-order valence-corrected chi connectivity index (χ0v) is 11.7. The number of nitrogens with one attached hydrogen (secondary N) is 2. The Labute approximate surface area is 113 Å². The first-order valence-corrected chi connectivity index (χ1v) is 7.47. The molecule has 0 aliphatic carbocycles. The van der Waals surface area contributed by atoms with E-state index in [2.05, 4.69) is 10.0 Å². The number of hydrogen-bond donors (Lipinski definition) is 3. The second-order valence-electron chi connectivity index (χ2n) is 4.06. The van der Waals surface area contributed by atoms with Crippen molar-refractivity contribution in [1.82, 2.24) is 10.0 Å². The van der Waals surface area contributed by atoms with Gasteiger partial charge in [0.2, 0.25) is 15.9 Å². The number of hydrogen-bond acceptors (Lipinski definition) is 4. The van der Waals surface area contributed by atoms with Crippen molar-refractivity contribution in [2.75, 3.05) is 19.6 Å². The summed E-state index contributed by atoms with van der Waals surface area (Å²) in [6.45, 7) is 2.33. The van der Waals surface area contributed by atoms with Crippen molar-refractivity contribution < 1.29 is 13.2 Å². The van der Waals surface area contributed by atoms with Gasteiger partial charge in [0.1, 0.15) is 0 Å². The largest absolute Gasteiger partial charge is 0.355 e. The molecular formula is C12H19N3O3S. The second-order valence-corrected chi connectivity index (χ2v) is 5.83. The fraction of sp³-hybridized carbons (Fsp3) is 0.417. The van der Waals surface area contributed by atoms with Crippen molar-refractivity contribution >= 4 is 15.9 Å². The third-order valence-electron chi connectivity index (χ3n) is 2.46. The van der Waals surface area contributed by atoms with Gasteiger partial charge in [0, 0.05) is 20.0 Å². The van der Waals surface area contributed by atoms with Crippen LogP contribution in [0.2, 0.25) is 0 Å². The van der Waals surface area contributed by atoms with Gasteiger partial charge in [-0.05, 0) is 30.7 Å². The molecule has 0 aliphatic rings. The minimum atomic E-state index is -3.52. The Bertz CT molecular complexity index is 512. The zero-order chi connectivity index (χ0) is 14.3. The Morgan fingerprint density at radius 2 is 1.84 bits per heavy atom. The van der Waals surface area contributed by atoms with Gasteiger partial charge in [0.25, 0.3) is 0 Å². The number of carbonyl (C=O) groups is 1. The van der Waals surface area contributed by atoms with Crippen molar-refractivity contribution in [3.63, 3.8) is 0 Å². The fourth-order valence-corrected chi connectivity index (χ4v) is 2.54. The fourth-order valence-electron chi connectivity index (χ4n) is 1.51. The normalized spacial score (nSPS) is 11.3. The molecule has 6 nitrogen and oxygen atoms in total. The molecule has 0 saturated heterocycles. The van der Waals surface area contributed by atoms with Crippen LogP contribution in [0, 0.1) is 0 Å². The molecule has 0 bridgehead atoms. The number of nitrogens with two attached hydrogens (primary N) is 1. The van der Waals surface area contributed by atoms with Gasteiger partial charge in [-0.2, -0.15) is 0 Å². The van der Waals surface area contributed by atoms with E-state index in [1.54, 1.807) is 24.3 Å². The molecule has 0 unspecified atom stereocenters. The van der Waals surface area contributed by atoms with Crippen molar-refractivity contribution in [1.29, 1.82) is 0 Å². The predicted octanol–water partition coefficient (Wildman–Crippen LogP) is -0.398. The van der Waals surface area contributed by atoms with Gasteiger partial charge in [-0.1, -0.05) is 12.1 Å². The van der Waals surface area contributed by atoms with Crippen LogP contribution in [0.15, 0.2) is 29.2 Å². The topological polar surface area (TPSA) is 101 Å². The van der Waals surface area contributed by atoms with Gasteiger partial charge in [-0.15, -0.1) is 0 Å². The van der Waals surface area contributed by atoms with Crippen molar-refractivity contribution in [3.8, 4) is 0 Å². The lowest BCUT2D eigenvalue weighted by molar-refractivity contribution is -0.118. The Morgan fingerprint density at radius 1 is 1.21 bits per heavy atom. The lowest BCUT2D eigenvalue weighted by Crippen LogP contribution is -2.33. The quantitative estimate of drug-likeness (QED) is 0.593. The third kappa shape index (κ3) is 5.37. The molecule has 1 aromatic rings. The molecule has 19 heavy (non-hydrogen) atoms. The summed E-state index contributed by atoms with van der Waals surface area (Å²) < 4.78 is 26.2. The average molecular weight is 285 g/mol. The minimum absolute atomic E-state index is 0.159. The van der Waals surface area contributed by atoms with Crippen molar-refractivity contribution in [2.45, 2.75) is 18.2 Å². The van der Waals surface area contributed by atoms with Crippen LogP contribution in [0.25, 0.3) is 0 Å². The number of amides is 1. The van der Waals surface area contributed by atoms with Crippen LogP contribution in [0.4, 0.5) is 0 Å². The van der Waals surface area contributed by atoms with E-state index >= 15 is 0 Å². The van der Waals surface area contributed by atoms with Gasteiger partial charge in [-0.3, -0.25) is 4.79 Å². The molecule has 1 amide bonds. The predicted molar refractivity (Wildman–Crippen MR) is 73.1 cm³/mol. The van der Waals surface area contributed by atoms with Crippen molar-refractivity contribution in [2.24, 2.45) is 5.73 Å². The van der Waals surface area contributed by atoms with Crippen LogP contribution in [0.5, 0.6) is 0 Å². The van der Waals surface area contributed by atoms with Crippen LogP contribution < -0.4 is 15.8 Å². The summed E-state index contributed by atoms with van der Waals surface area (Å²) in [5.74, 6) is -0.190. The Kier molecular flexibility index (Phi) is 5.94. The van der Waals surface area contributed by atoms with E-state index in [0.29, 0.717) is 6.54 Å². The highest BCUT2D eigenvalue weighted by molar-refractivity contribution is 7.89. The molecule has 0 saturated carbocycles. The van der Waals surface area contributed by atoms with E-state index in [9.17, 15) is 13.2 Å². The smallest absolute Gasteiger partial charge is 0.240 e. The van der Waals surface area contributed by atoms with Gasteiger partial charge < -0.3 is 11.1 Å². The van der Waals surface area contributed by atoms with E-state index in [0.717, 1.165) is 12.0 Å². The van der Waals surface area contributed by atoms with Crippen LogP contribution in [-0.4, -0.2) is 34.0 Å². The standard InChI is InChI=1S/C12H19N3O3S/c1-10(16)14-8-9-15-19(17,18)12-4-2-11(3-5-12)6-7-13/h2-5,15H,6-9,13H2,1H3,(H,14,16). The van der Waals surface area contributed by atoms with E-state index in [1.165, 1.54) is 6.92 Å². The molecule has 0 heterocycles. The molecule has 0 radical (unpaired) electrons. The first kappa shape index (κ1) is 15.6. The monoisotopic (exact) mass is 285 g/mol. The number of sulfonamides is 1. The van der Waals surface area contributed by atoms with Crippen LogP contribution in [0.1, 0.15) is 12.5 Å². The Hall–Kier alpha value is -1.44. The van der Waals surface area contributed by atoms with Crippen LogP contribution in [0.3, 0.4) is 0 Å². The average Bonchev–Trinajstić information content (AvgIpc) is 2.36. The summed E-state index contributed by atoms with van der Waals surface area (Å²) in [5.41, 5.74) is 6.42. The molecule has 0 aromatic heterocycles. The molecule has 0 spiro atoms. The molecular weight excluding hydrogens is 266 g/mol. The highest BCUT2D eigenvalue weighted by Gasteiger charge is 2.12. The maximum atomic E-state index is 11.9. The lowest BCUT2D eigenvalue weighted by Gasteiger charge is -2.07. The summed E-state index contributed by atoms with van der Waals surface area (Å²) in [6.07, 6.45) is 0.719. The number of carbonyl (C=O) groups excluding carboxylic acids is 1. The molecule has 1 rings (SSSR count). The molecule has 0 atom stereocenters. The summed E-state index contributed by atoms with van der Waals surface area (Å²) in [7, 11) is -3.52. The number of rotatable bonds is 7. The number of benzene rings is 1. The van der Waals surface area contributed by atoms with Gasteiger partial charge in [0.15, 0.2) is 0 Å². The summed E-state index contributed by atoms with van der Waals surface area (Å²) >= 11 is 0. The van der Waals surface area contributed by atoms with Crippen LogP contribution in [-0.2, 0) is 21.2 Å². The molecule has 7 heteroatoms. The molecule has 0 fully saturated rings. The second kappa shape index (κ2) is 7.22. The lowest BCUT2D eigenvalue weighted by atomic mass is 10.2. The summed E-state index contributed by atoms with van der Waals surface area (Å²) in [5, 5.41) is 2.52. The highest BCUT2D eigenvalue weighted by Crippen LogP contribution is 2.10. The Morgan fingerprint density at radius 3 is 2.37 bits per heavy atom. The Balaban J connectivity index is 2.59. The maximum Gasteiger partial charge on any atom is 0.240 e. The van der Waals surface area contributed by atoms with E-state index < -0.39 is 10.0 Å². The first-order valence-electron chi connectivity index (χ1n) is 5.99. The minimum Gasteiger partial charge on any atom is -0.355 e. The van der Waals surface area contributed by atoms with E-state index in [4.69, 9.17) is 5.73 Å². The third-order valence-corrected chi connectivity index (χ3v) is 3.93. The molecule has 4 N–H and O–H groups in total. The maximum absolute atomic E-state index is 11.9. The molecule has 0 aliphatic heterocycles. The van der Waals surface area contributed by atoms with Gasteiger partial charge >= 0.3 is 0 Å². The molecule has 1 aromatic carbocycles. The van der Waals surface area contributed by atoms with E-state index in [1.807, 2.05) is 0 Å². The SMILES string of the molecule is CC(=O)NCCNS(=O)(=O)c1ccc(CCN)cc1. The van der Waals surface area contributed by atoms with Crippen LogP contribution >= 0.6 is 0 Å². The first-order chi connectivity index (χ1) is 8.95. The zero-order valence-electron chi connectivity index (χ0n) is 10.8. The summed E-state index contributed by atoms with van der Waals surface area (Å²) in [4.78, 5) is 10.8. The molecule has 106 valence electrons. The van der Waals surface area contributed by atoms with E-state index in [-0.39, 0.29) is 23.9 Å². The van der Waals surface area contributed by atoms with Gasteiger partial charge in [-0.25, -0.2) is 13.1 Å².